The Hall–Kier alpha value is -1.74. The summed E-state index contributed by atoms with van der Waals surface area (Å²) in [7, 11) is 0. The Labute approximate surface area is 102 Å². The summed E-state index contributed by atoms with van der Waals surface area (Å²) >= 11 is 0. The third kappa shape index (κ3) is 3.11. The predicted molar refractivity (Wildman–Crippen MR) is 68.5 cm³/mol. The van der Waals surface area contributed by atoms with Gasteiger partial charge in [0.2, 0.25) is 0 Å². The summed E-state index contributed by atoms with van der Waals surface area (Å²) in [6.45, 7) is 5.95. The Balaban J connectivity index is 1.95. The van der Waals surface area contributed by atoms with E-state index in [0.717, 1.165) is 18.8 Å². The second-order valence-corrected chi connectivity index (χ2v) is 4.17. The molecule has 1 aromatic carbocycles. The summed E-state index contributed by atoms with van der Waals surface area (Å²) in [6.07, 6.45) is 3.35. The van der Waals surface area contributed by atoms with Crippen LogP contribution in [0.1, 0.15) is 22.4 Å². The van der Waals surface area contributed by atoms with Crippen LogP contribution in [0.5, 0.6) is 0 Å². The van der Waals surface area contributed by atoms with E-state index in [4.69, 9.17) is 0 Å². The molecule has 0 saturated carbocycles. The van der Waals surface area contributed by atoms with Crippen molar-refractivity contribution in [2.45, 2.75) is 26.9 Å². The Morgan fingerprint density at radius 2 is 1.82 bits per heavy atom. The van der Waals surface area contributed by atoms with Gasteiger partial charge in [0.1, 0.15) is 6.33 Å². The van der Waals surface area contributed by atoms with Gasteiger partial charge in [0.05, 0.1) is 5.69 Å². The third-order valence-electron chi connectivity index (χ3n) is 2.90. The molecule has 0 aliphatic heterocycles. The van der Waals surface area contributed by atoms with Crippen molar-refractivity contribution >= 4 is 0 Å². The third-order valence-corrected chi connectivity index (χ3v) is 2.90. The van der Waals surface area contributed by atoms with Crippen LogP contribution >= 0.6 is 0 Å². The molecule has 0 radical (unpaired) electrons. The quantitative estimate of drug-likeness (QED) is 0.871. The maximum absolute atomic E-state index is 4.18. The van der Waals surface area contributed by atoms with Crippen molar-refractivity contribution in [2.24, 2.45) is 0 Å². The lowest BCUT2D eigenvalue weighted by Crippen LogP contribution is -2.15. The fourth-order valence-corrected chi connectivity index (χ4v) is 1.87. The van der Waals surface area contributed by atoms with Crippen molar-refractivity contribution in [3.05, 3.63) is 59.2 Å². The van der Waals surface area contributed by atoms with Gasteiger partial charge in [-0.2, -0.15) is 0 Å². The van der Waals surface area contributed by atoms with Crippen LogP contribution in [0.25, 0.3) is 0 Å². The van der Waals surface area contributed by atoms with Gasteiger partial charge in [0.25, 0.3) is 0 Å². The second-order valence-electron chi connectivity index (χ2n) is 4.17. The first-order chi connectivity index (χ1) is 8.27. The molecular formula is C14H17N3. The highest BCUT2D eigenvalue weighted by Crippen LogP contribution is 2.12. The first-order valence-electron chi connectivity index (χ1n) is 5.78. The Kier molecular flexibility index (Phi) is 3.83. The van der Waals surface area contributed by atoms with Gasteiger partial charge in [-0.15, -0.1) is 0 Å². The van der Waals surface area contributed by atoms with Gasteiger partial charge in [-0.25, -0.2) is 9.97 Å². The minimum absolute atomic E-state index is 0.774. The minimum Gasteiger partial charge on any atom is -0.307 e. The van der Waals surface area contributed by atoms with E-state index in [1.165, 1.54) is 16.7 Å². The van der Waals surface area contributed by atoms with E-state index in [2.05, 4.69) is 47.3 Å². The van der Waals surface area contributed by atoms with E-state index >= 15 is 0 Å². The monoisotopic (exact) mass is 227 g/mol. The summed E-state index contributed by atoms with van der Waals surface area (Å²) in [5.74, 6) is 0. The number of benzene rings is 1. The lowest BCUT2D eigenvalue weighted by molar-refractivity contribution is 0.673. The van der Waals surface area contributed by atoms with Crippen LogP contribution in [0.4, 0.5) is 0 Å². The van der Waals surface area contributed by atoms with Gasteiger partial charge in [-0.1, -0.05) is 18.2 Å². The lowest BCUT2D eigenvalue weighted by atomic mass is 10.0. The molecule has 0 aliphatic rings. The topological polar surface area (TPSA) is 37.8 Å². The predicted octanol–water partition coefficient (Wildman–Crippen LogP) is 2.38. The average molecular weight is 227 g/mol. The van der Waals surface area contributed by atoms with Gasteiger partial charge >= 0.3 is 0 Å². The van der Waals surface area contributed by atoms with Gasteiger partial charge in [0.15, 0.2) is 0 Å². The van der Waals surface area contributed by atoms with Crippen LogP contribution < -0.4 is 5.32 Å². The summed E-state index contributed by atoms with van der Waals surface area (Å²) in [5, 5.41) is 3.41. The maximum Gasteiger partial charge on any atom is 0.115 e. The normalized spacial score (nSPS) is 10.5. The molecule has 2 rings (SSSR count). The zero-order valence-electron chi connectivity index (χ0n) is 10.3. The van der Waals surface area contributed by atoms with Crippen LogP contribution in [-0.4, -0.2) is 9.97 Å². The molecule has 1 aromatic heterocycles. The zero-order chi connectivity index (χ0) is 12.1. The number of aryl methyl sites for hydroxylation is 2. The van der Waals surface area contributed by atoms with Crippen molar-refractivity contribution in [3.8, 4) is 0 Å². The molecule has 2 aromatic rings. The van der Waals surface area contributed by atoms with E-state index in [-0.39, 0.29) is 0 Å². The fourth-order valence-electron chi connectivity index (χ4n) is 1.87. The van der Waals surface area contributed by atoms with E-state index in [1.54, 1.807) is 12.5 Å². The van der Waals surface area contributed by atoms with E-state index in [1.807, 2.05) is 6.07 Å². The summed E-state index contributed by atoms with van der Waals surface area (Å²) in [6, 6.07) is 8.32. The number of nitrogens with zero attached hydrogens (tertiary/aromatic N) is 2. The van der Waals surface area contributed by atoms with E-state index in [9.17, 15) is 0 Å². The molecule has 88 valence electrons. The number of hydrogen-bond donors (Lipinski definition) is 1. The number of aromatic nitrogens is 2. The van der Waals surface area contributed by atoms with Gasteiger partial charge in [-0.05, 0) is 36.6 Å². The van der Waals surface area contributed by atoms with Crippen LogP contribution in [0.3, 0.4) is 0 Å². The van der Waals surface area contributed by atoms with Crippen LogP contribution in [-0.2, 0) is 13.1 Å². The molecule has 0 aliphatic carbocycles. The smallest absolute Gasteiger partial charge is 0.115 e. The molecule has 3 nitrogen and oxygen atoms in total. The van der Waals surface area contributed by atoms with E-state index in [0.29, 0.717) is 0 Å². The van der Waals surface area contributed by atoms with Gasteiger partial charge in [0, 0.05) is 19.3 Å². The van der Waals surface area contributed by atoms with Crippen molar-refractivity contribution < 1.29 is 0 Å². The summed E-state index contributed by atoms with van der Waals surface area (Å²) < 4.78 is 0. The molecule has 0 atom stereocenters. The molecule has 0 spiro atoms. The van der Waals surface area contributed by atoms with E-state index < -0.39 is 0 Å². The summed E-state index contributed by atoms with van der Waals surface area (Å²) in [4.78, 5) is 8.08. The SMILES string of the molecule is Cc1cccc(C)c1CNCc1ccncn1. The van der Waals surface area contributed by atoms with Crippen molar-refractivity contribution in [2.75, 3.05) is 0 Å². The van der Waals surface area contributed by atoms with Crippen molar-refractivity contribution in [1.82, 2.24) is 15.3 Å². The van der Waals surface area contributed by atoms with Crippen LogP contribution in [0, 0.1) is 13.8 Å². The highest BCUT2D eigenvalue weighted by Gasteiger charge is 2.01. The number of rotatable bonds is 4. The lowest BCUT2D eigenvalue weighted by Gasteiger charge is -2.10. The highest BCUT2D eigenvalue weighted by atomic mass is 14.9. The molecule has 0 fully saturated rings. The molecule has 0 bridgehead atoms. The molecule has 0 saturated heterocycles. The first kappa shape index (κ1) is 11.7. The maximum atomic E-state index is 4.18. The number of hydrogen-bond acceptors (Lipinski definition) is 3. The molecule has 17 heavy (non-hydrogen) atoms. The second kappa shape index (κ2) is 5.55. The van der Waals surface area contributed by atoms with Crippen molar-refractivity contribution in [1.29, 1.82) is 0 Å². The van der Waals surface area contributed by atoms with Crippen LogP contribution in [0.15, 0.2) is 36.8 Å². The fraction of sp³-hybridized carbons (Fsp3) is 0.286. The minimum atomic E-state index is 0.774. The Morgan fingerprint density at radius 1 is 1.06 bits per heavy atom. The first-order valence-corrected chi connectivity index (χ1v) is 5.78. The molecule has 3 heteroatoms. The van der Waals surface area contributed by atoms with Crippen LogP contribution in [0.2, 0.25) is 0 Å². The molecule has 1 N–H and O–H groups in total. The standard InChI is InChI=1S/C14H17N3/c1-11-4-3-5-12(2)14(11)9-16-8-13-6-7-15-10-17-13/h3-7,10,16H,8-9H2,1-2H3. The van der Waals surface area contributed by atoms with Gasteiger partial charge < -0.3 is 5.32 Å². The number of nitrogens with one attached hydrogen (secondary N) is 1. The highest BCUT2D eigenvalue weighted by molar-refractivity contribution is 5.33. The Bertz CT molecular complexity index is 460. The molecule has 0 unspecified atom stereocenters. The molecule has 1 heterocycles. The molecule has 0 amide bonds. The Morgan fingerprint density at radius 3 is 2.47 bits per heavy atom. The largest absolute Gasteiger partial charge is 0.307 e. The average Bonchev–Trinajstić information content (AvgIpc) is 2.34. The molecular weight excluding hydrogens is 210 g/mol. The van der Waals surface area contributed by atoms with Crippen molar-refractivity contribution in [3.63, 3.8) is 0 Å². The zero-order valence-corrected chi connectivity index (χ0v) is 10.3. The summed E-state index contributed by atoms with van der Waals surface area (Å²) in [5.41, 5.74) is 5.06. The van der Waals surface area contributed by atoms with Gasteiger partial charge in [-0.3, -0.25) is 0 Å².